The van der Waals surface area contributed by atoms with E-state index in [1.54, 1.807) is 12.1 Å². The number of hydrogen-bond donors (Lipinski definition) is 2. The molecule has 3 N–H and O–H groups in total. The maximum atomic E-state index is 10.8. The first-order valence-electron chi connectivity index (χ1n) is 4.64. The number of benzene rings is 1. The lowest BCUT2D eigenvalue weighted by atomic mass is 9.88. The van der Waals surface area contributed by atoms with E-state index in [4.69, 9.17) is 5.73 Å². The average molecular weight is 193 g/mol. The van der Waals surface area contributed by atoms with Crippen LogP contribution in [0, 0.1) is 0 Å². The molecule has 0 radical (unpaired) electrons. The Balaban J connectivity index is 2.95. The molecule has 0 aromatic heterocycles. The number of hydrogen-bond acceptors (Lipinski definition) is 2. The largest absolute Gasteiger partial charge is 0.385 e. The Labute approximate surface area is 83.6 Å². The molecule has 1 unspecified atom stereocenters. The van der Waals surface area contributed by atoms with Gasteiger partial charge in [-0.1, -0.05) is 37.3 Å². The van der Waals surface area contributed by atoms with Gasteiger partial charge in [-0.3, -0.25) is 4.79 Å². The summed E-state index contributed by atoms with van der Waals surface area (Å²) in [5.41, 5.74) is 4.71. The van der Waals surface area contributed by atoms with Crippen LogP contribution >= 0.6 is 0 Å². The van der Waals surface area contributed by atoms with E-state index in [0.717, 1.165) is 5.56 Å². The van der Waals surface area contributed by atoms with Gasteiger partial charge < -0.3 is 10.8 Å². The summed E-state index contributed by atoms with van der Waals surface area (Å²) in [7, 11) is 0. The third-order valence-electron chi connectivity index (χ3n) is 2.36. The van der Waals surface area contributed by atoms with E-state index >= 15 is 0 Å². The molecular formula is C11H15NO2. The van der Waals surface area contributed by atoms with Crippen LogP contribution in [0.25, 0.3) is 0 Å². The van der Waals surface area contributed by atoms with Gasteiger partial charge in [-0.2, -0.15) is 0 Å². The van der Waals surface area contributed by atoms with Gasteiger partial charge in [0.2, 0.25) is 5.91 Å². The first-order valence-corrected chi connectivity index (χ1v) is 4.64. The third-order valence-corrected chi connectivity index (χ3v) is 2.36. The van der Waals surface area contributed by atoms with E-state index in [9.17, 15) is 9.90 Å². The first kappa shape index (κ1) is 10.7. The van der Waals surface area contributed by atoms with Gasteiger partial charge in [0.05, 0.1) is 12.0 Å². The second-order valence-electron chi connectivity index (χ2n) is 3.39. The zero-order valence-electron chi connectivity index (χ0n) is 8.23. The molecule has 0 saturated heterocycles. The fourth-order valence-corrected chi connectivity index (χ4v) is 1.47. The van der Waals surface area contributed by atoms with Crippen LogP contribution in [-0.4, -0.2) is 11.0 Å². The van der Waals surface area contributed by atoms with Crippen LogP contribution in [0.15, 0.2) is 30.3 Å². The van der Waals surface area contributed by atoms with Gasteiger partial charge in [-0.25, -0.2) is 0 Å². The van der Waals surface area contributed by atoms with Crippen molar-refractivity contribution < 1.29 is 9.90 Å². The highest BCUT2D eigenvalue weighted by molar-refractivity contribution is 5.75. The number of carbonyl (C=O) groups is 1. The van der Waals surface area contributed by atoms with Crippen LogP contribution in [0.5, 0.6) is 0 Å². The van der Waals surface area contributed by atoms with E-state index in [-0.39, 0.29) is 6.42 Å². The van der Waals surface area contributed by atoms with Gasteiger partial charge in [0.1, 0.15) is 0 Å². The van der Waals surface area contributed by atoms with Crippen LogP contribution in [0.2, 0.25) is 0 Å². The Hall–Kier alpha value is -1.35. The average Bonchev–Trinajstić information content (AvgIpc) is 2.18. The van der Waals surface area contributed by atoms with Crippen molar-refractivity contribution in [2.45, 2.75) is 25.4 Å². The van der Waals surface area contributed by atoms with Gasteiger partial charge in [0, 0.05) is 0 Å². The van der Waals surface area contributed by atoms with Gasteiger partial charge in [-0.05, 0) is 12.0 Å². The molecule has 1 aromatic carbocycles. The minimum atomic E-state index is -1.12. The summed E-state index contributed by atoms with van der Waals surface area (Å²) in [6.45, 7) is 1.83. The molecule has 3 heteroatoms. The first-order chi connectivity index (χ1) is 6.58. The highest BCUT2D eigenvalue weighted by Gasteiger charge is 2.28. The Morgan fingerprint density at radius 1 is 1.43 bits per heavy atom. The van der Waals surface area contributed by atoms with E-state index in [2.05, 4.69) is 0 Å². The molecule has 0 aliphatic rings. The molecule has 14 heavy (non-hydrogen) atoms. The molecular weight excluding hydrogens is 178 g/mol. The predicted octanol–water partition coefficient (Wildman–Crippen LogP) is 1.16. The quantitative estimate of drug-likeness (QED) is 0.753. The fourth-order valence-electron chi connectivity index (χ4n) is 1.47. The number of rotatable bonds is 4. The topological polar surface area (TPSA) is 63.3 Å². The van der Waals surface area contributed by atoms with Gasteiger partial charge in [-0.15, -0.1) is 0 Å². The van der Waals surface area contributed by atoms with E-state index in [1.807, 2.05) is 25.1 Å². The number of nitrogens with two attached hydrogens (primary N) is 1. The summed E-state index contributed by atoms with van der Waals surface area (Å²) in [5, 5.41) is 10.2. The Morgan fingerprint density at radius 3 is 2.43 bits per heavy atom. The summed E-state index contributed by atoms with van der Waals surface area (Å²) in [4.78, 5) is 10.8. The van der Waals surface area contributed by atoms with Crippen molar-refractivity contribution in [1.29, 1.82) is 0 Å². The summed E-state index contributed by atoms with van der Waals surface area (Å²) in [5.74, 6) is -0.488. The molecule has 0 aliphatic carbocycles. The summed E-state index contributed by atoms with van der Waals surface area (Å²) in [6.07, 6.45) is 0.438. The molecule has 0 heterocycles. The number of aliphatic hydroxyl groups is 1. The Bertz CT molecular complexity index is 310. The smallest absolute Gasteiger partial charge is 0.220 e. The Morgan fingerprint density at radius 2 is 2.00 bits per heavy atom. The lowest BCUT2D eigenvalue weighted by Crippen LogP contribution is -2.31. The van der Waals surface area contributed by atoms with Crippen molar-refractivity contribution in [3.63, 3.8) is 0 Å². The summed E-state index contributed by atoms with van der Waals surface area (Å²) < 4.78 is 0. The molecule has 0 saturated carbocycles. The second kappa shape index (κ2) is 4.24. The van der Waals surface area contributed by atoms with Gasteiger partial charge in [0.15, 0.2) is 0 Å². The van der Waals surface area contributed by atoms with Crippen molar-refractivity contribution in [2.24, 2.45) is 5.73 Å². The second-order valence-corrected chi connectivity index (χ2v) is 3.39. The summed E-state index contributed by atoms with van der Waals surface area (Å²) >= 11 is 0. The maximum absolute atomic E-state index is 10.8. The summed E-state index contributed by atoms with van der Waals surface area (Å²) in [6, 6.07) is 9.12. The van der Waals surface area contributed by atoms with E-state index < -0.39 is 11.5 Å². The molecule has 1 atom stereocenters. The molecule has 1 rings (SSSR count). The lowest BCUT2D eigenvalue weighted by molar-refractivity contribution is -0.123. The van der Waals surface area contributed by atoms with Gasteiger partial charge >= 0.3 is 0 Å². The number of amides is 1. The van der Waals surface area contributed by atoms with E-state index in [0.29, 0.717) is 6.42 Å². The van der Waals surface area contributed by atoms with Crippen LogP contribution in [0.1, 0.15) is 25.3 Å². The van der Waals surface area contributed by atoms with E-state index in [1.165, 1.54) is 0 Å². The molecule has 0 spiro atoms. The molecule has 3 nitrogen and oxygen atoms in total. The zero-order chi connectivity index (χ0) is 10.6. The minimum absolute atomic E-state index is 0.0342. The standard InChI is InChI=1S/C11H15NO2/c1-2-11(14,8-10(12)13)9-6-4-3-5-7-9/h3-7,14H,2,8H2,1H3,(H2,12,13). The minimum Gasteiger partial charge on any atom is -0.385 e. The zero-order valence-corrected chi connectivity index (χ0v) is 8.23. The molecule has 1 aromatic rings. The lowest BCUT2D eigenvalue weighted by Gasteiger charge is -2.25. The SMILES string of the molecule is CCC(O)(CC(N)=O)c1ccccc1. The van der Waals surface area contributed by atoms with Crippen molar-refractivity contribution in [1.82, 2.24) is 0 Å². The van der Waals surface area contributed by atoms with Crippen molar-refractivity contribution in [3.05, 3.63) is 35.9 Å². The van der Waals surface area contributed by atoms with Crippen LogP contribution in [0.3, 0.4) is 0 Å². The normalized spacial score (nSPS) is 14.7. The highest BCUT2D eigenvalue weighted by Crippen LogP contribution is 2.27. The number of primary amides is 1. The van der Waals surface area contributed by atoms with Crippen LogP contribution in [0.4, 0.5) is 0 Å². The van der Waals surface area contributed by atoms with Crippen LogP contribution in [-0.2, 0) is 10.4 Å². The van der Waals surface area contributed by atoms with Gasteiger partial charge in [0.25, 0.3) is 0 Å². The molecule has 0 aliphatic heterocycles. The molecule has 0 fully saturated rings. The molecule has 76 valence electrons. The van der Waals surface area contributed by atoms with Crippen molar-refractivity contribution in [2.75, 3.05) is 0 Å². The fraction of sp³-hybridized carbons (Fsp3) is 0.364. The van der Waals surface area contributed by atoms with Crippen molar-refractivity contribution in [3.8, 4) is 0 Å². The predicted molar refractivity (Wildman–Crippen MR) is 54.4 cm³/mol. The Kier molecular flexibility index (Phi) is 3.25. The van der Waals surface area contributed by atoms with Crippen molar-refractivity contribution >= 4 is 5.91 Å². The number of carbonyl (C=O) groups excluding carboxylic acids is 1. The van der Waals surface area contributed by atoms with Crippen LogP contribution < -0.4 is 5.73 Å². The highest BCUT2D eigenvalue weighted by atomic mass is 16.3. The molecule has 1 amide bonds. The monoisotopic (exact) mass is 193 g/mol. The third kappa shape index (κ3) is 2.33. The maximum Gasteiger partial charge on any atom is 0.220 e. The molecule has 0 bridgehead atoms.